The molecule has 7 nitrogen and oxygen atoms in total. The maximum Gasteiger partial charge on any atom is 0.252 e. The fourth-order valence-corrected chi connectivity index (χ4v) is 1.48. The molecule has 0 heterocycles. The summed E-state index contributed by atoms with van der Waals surface area (Å²) in [6.07, 6.45) is 0.846. The molecule has 7 heteroatoms. The molecule has 0 radical (unpaired) electrons. The standard InChI is InChI=1S/C13H19N3O4/c1-2-5-20-11-4-3-8(6-9(11)14)13(19)16-10(7-17)12(15)18/h3-4,6,10,17H,2,5,7,14H2,1H3,(H2,15,18)(H,16,19). The van der Waals surface area contributed by atoms with Crippen LogP contribution in [0.5, 0.6) is 5.75 Å². The molecule has 0 saturated carbocycles. The first kappa shape index (κ1) is 15.8. The molecule has 2 amide bonds. The highest BCUT2D eigenvalue weighted by atomic mass is 16.5. The van der Waals surface area contributed by atoms with Crippen molar-refractivity contribution in [2.75, 3.05) is 18.9 Å². The summed E-state index contributed by atoms with van der Waals surface area (Å²) in [6.45, 7) is 1.94. The zero-order valence-corrected chi connectivity index (χ0v) is 11.3. The van der Waals surface area contributed by atoms with E-state index in [1.165, 1.54) is 12.1 Å². The zero-order valence-electron chi connectivity index (χ0n) is 11.3. The number of hydrogen-bond acceptors (Lipinski definition) is 5. The van der Waals surface area contributed by atoms with Gasteiger partial charge in [0.05, 0.1) is 18.9 Å². The van der Waals surface area contributed by atoms with Gasteiger partial charge >= 0.3 is 0 Å². The highest BCUT2D eigenvalue weighted by Gasteiger charge is 2.18. The molecular weight excluding hydrogens is 262 g/mol. The fourth-order valence-electron chi connectivity index (χ4n) is 1.48. The molecular formula is C13H19N3O4. The van der Waals surface area contributed by atoms with Gasteiger partial charge in [0.15, 0.2) is 0 Å². The molecule has 0 aliphatic rings. The Morgan fingerprint density at radius 1 is 1.45 bits per heavy atom. The molecule has 1 atom stereocenters. The summed E-state index contributed by atoms with van der Waals surface area (Å²) in [5, 5.41) is 11.2. The molecule has 0 bridgehead atoms. The van der Waals surface area contributed by atoms with Crippen molar-refractivity contribution in [1.29, 1.82) is 0 Å². The predicted octanol–water partition coefficient (Wildman–Crippen LogP) is -0.366. The van der Waals surface area contributed by atoms with Gasteiger partial charge in [-0.3, -0.25) is 9.59 Å². The maximum absolute atomic E-state index is 11.9. The normalized spacial score (nSPS) is 11.7. The third-order valence-corrected chi connectivity index (χ3v) is 2.57. The van der Waals surface area contributed by atoms with E-state index in [9.17, 15) is 9.59 Å². The summed E-state index contributed by atoms with van der Waals surface area (Å²) in [4.78, 5) is 22.8. The van der Waals surface area contributed by atoms with Crippen molar-refractivity contribution in [3.63, 3.8) is 0 Å². The number of nitrogen functional groups attached to an aromatic ring is 1. The van der Waals surface area contributed by atoms with Crippen LogP contribution in [0.15, 0.2) is 18.2 Å². The van der Waals surface area contributed by atoms with E-state index in [1.807, 2.05) is 6.92 Å². The van der Waals surface area contributed by atoms with Crippen molar-refractivity contribution in [3.8, 4) is 5.75 Å². The van der Waals surface area contributed by atoms with Gasteiger partial charge in [0.1, 0.15) is 11.8 Å². The molecule has 1 unspecified atom stereocenters. The van der Waals surface area contributed by atoms with Crippen LogP contribution < -0.4 is 21.5 Å². The quantitative estimate of drug-likeness (QED) is 0.507. The Balaban J connectivity index is 2.79. The largest absolute Gasteiger partial charge is 0.491 e. The number of hydrogen-bond donors (Lipinski definition) is 4. The van der Waals surface area contributed by atoms with Gasteiger partial charge in [-0.15, -0.1) is 0 Å². The van der Waals surface area contributed by atoms with Gasteiger partial charge < -0.3 is 26.6 Å². The van der Waals surface area contributed by atoms with Crippen LogP contribution in [0.25, 0.3) is 0 Å². The minimum Gasteiger partial charge on any atom is -0.491 e. The first-order valence-electron chi connectivity index (χ1n) is 6.23. The highest BCUT2D eigenvalue weighted by Crippen LogP contribution is 2.22. The van der Waals surface area contributed by atoms with Crippen molar-refractivity contribution >= 4 is 17.5 Å². The predicted molar refractivity (Wildman–Crippen MR) is 74.2 cm³/mol. The van der Waals surface area contributed by atoms with Crippen molar-refractivity contribution in [2.24, 2.45) is 5.73 Å². The number of benzene rings is 1. The number of anilines is 1. The highest BCUT2D eigenvalue weighted by molar-refractivity contribution is 5.98. The van der Waals surface area contributed by atoms with Crippen molar-refractivity contribution < 1.29 is 19.4 Å². The number of nitrogens with two attached hydrogens (primary N) is 2. The monoisotopic (exact) mass is 281 g/mol. The fraction of sp³-hybridized carbons (Fsp3) is 0.385. The Morgan fingerprint density at radius 3 is 2.65 bits per heavy atom. The number of carbonyl (C=O) groups excluding carboxylic acids is 2. The van der Waals surface area contributed by atoms with Crippen LogP contribution in [0.2, 0.25) is 0 Å². The number of carbonyl (C=O) groups is 2. The average Bonchev–Trinajstić information content (AvgIpc) is 2.42. The molecule has 0 aliphatic heterocycles. The number of aliphatic hydroxyl groups excluding tert-OH is 1. The number of nitrogens with one attached hydrogen (secondary N) is 1. The van der Waals surface area contributed by atoms with E-state index in [1.54, 1.807) is 6.07 Å². The molecule has 6 N–H and O–H groups in total. The van der Waals surface area contributed by atoms with Crippen LogP contribution in [0.1, 0.15) is 23.7 Å². The summed E-state index contributed by atoms with van der Waals surface area (Å²) in [7, 11) is 0. The van der Waals surface area contributed by atoms with Crippen LogP contribution in [-0.4, -0.2) is 36.2 Å². The third kappa shape index (κ3) is 4.13. The number of amides is 2. The van der Waals surface area contributed by atoms with Crippen molar-refractivity contribution in [3.05, 3.63) is 23.8 Å². The lowest BCUT2D eigenvalue weighted by Gasteiger charge is -2.13. The molecule has 0 saturated heterocycles. The van der Waals surface area contributed by atoms with Gasteiger partial charge in [-0.2, -0.15) is 0 Å². The zero-order chi connectivity index (χ0) is 15.1. The van der Waals surface area contributed by atoms with E-state index in [-0.39, 0.29) is 5.56 Å². The maximum atomic E-state index is 11.9. The summed E-state index contributed by atoms with van der Waals surface area (Å²) in [5.41, 5.74) is 11.4. The van der Waals surface area contributed by atoms with E-state index in [2.05, 4.69) is 5.32 Å². The van der Waals surface area contributed by atoms with E-state index < -0.39 is 24.5 Å². The lowest BCUT2D eigenvalue weighted by Crippen LogP contribution is -2.46. The second-order valence-electron chi connectivity index (χ2n) is 4.21. The van der Waals surface area contributed by atoms with Gasteiger partial charge in [-0.05, 0) is 24.6 Å². The van der Waals surface area contributed by atoms with E-state index in [0.717, 1.165) is 6.42 Å². The topological polar surface area (TPSA) is 128 Å². The van der Waals surface area contributed by atoms with Gasteiger partial charge in [-0.1, -0.05) is 6.92 Å². The Bertz CT molecular complexity index is 491. The van der Waals surface area contributed by atoms with Gasteiger partial charge in [0, 0.05) is 5.56 Å². The Labute approximate surface area is 116 Å². The molecule has 1 rings (SSSR count). The lowest BCUT2D eigenvalue weighted by molar-refractivity contribution is -0.120. The smallest absolute Gasteiger partial charge is 0.252 e. The van der Waals surface area contributed by atoms with Crippen molar-refractivity contribution in [2.45, 2.75) is 19.4 Å². The number of rotatable bonds is 7. The number of primary amides is 1. The first-order chi connectivity index (χ1) is 9.49. The molecule has 1 aromatic rings. The Morgan fingerprint density at radius 2 is 2.15 bits per heavy atom. The molecule has 0 aliphatic carbocycles. The minimum atomic E-state index is -1.13. The molecule has 0 fully saturated rings. The first-order valence-corrected chi connectivity index (χ1v) is 6.23. The lowest BCUT2D eigenvalue weighted by atomic mass is 10.1. The van der Waals surface area contributed by atoms with Crippen molar-refractivity contribution in [1.82, 2.24) is 5.32 Å². The number of aliphatic hydroxyl groups is 1. The summed E-state index contributed by atoms with van der Waals surface area (Å²) in [6, 6.07) is 3.42. The van der Waals surface area contributed by atoms with E-state index in [0.29, 0.717) is 18.0 Å². The Hall–Kier alpha value is -2.28. The van der Waals surface area contributed by atoms with Crippen LogP contribution in [0.4, 0.5) is 5.69 Å². The van der Waals surface area contributed by atoms with Crippen LogP contribution in [0.3, 0.4) is 0 Å². The third-order valence-electron chi connectivity index (χ3n) is 2.57. The second kappa shape index (κ2) is 7.34. The SMILES string of the molecule is CCCOc1ccc(C(=O)NC(CO)C(N)=O)cc1N. The second-order valence-corrected chi connectivity index (χ2v) is 4.21. The summed E-state index contributed by atoms with van der Waals surface area (Å²) < 4.78 is 5.39. The molecule has 20 heavy (non-hydrogen) atoms. The molecule has 0 spiro atoms. The van der Waals surface area contributed by atoms with Gasteiger partial charge in [0.25, 0.3) is 5.91 Å². The van der Waals surface area contributed by atoms with Crippen LogP contribution in [0, 0.1) is 0 Å². The minimum absolute atomic E-state index is 0.256. The molecule has 1 aromatic carbocycles. The Kier molecular flexibility index (Phi) is 5.79. The molecule has 110 valence electrons. The van der Waals surface area contributed by atoms with E-state index >= 15 is 0 Å². The van der Waals surface area contributed by atoms with Gasteiger partial charge in [-0.25, -0.2) is 0 Å². The molecule has 0 aromatic heterocycles. The van der Waals surface area contributed by atoms with Gasteiger partial charge in [0.2, 0.25) is 5.91 Å². The van der Waals surface area contributed by atoms with Crippen LogP contribution in [-0.2, 0) is 4.79 Å². The van der Waals surface area contributed by atoms with Crippen LogP contribution >= 0.6 is 0 Å². The average molecular weight is 281 g/mol. The summed E-state index contributed by atoms with van der Waals surface area (Å²) in [5.74, 6) is -0.856. The summed E-state index contributed by atoms with van der Waals surface area (Å²) >= 11 is 0. The number of ether oxygens (including phenoxy) is 1. The van der Waals surface area contributed by atoms with E-state index in [4.69, 9.17) is 21.3 Å².